The molecular weight excluding hydrogens is 254 g/mol. The maximum absolute atomic E-state index is 9.28. The molecule has 0 fully saturated rings. The monoisotopic (exact) mass is 271 g/mol. The molecular formula is C15H17N3S. The molecule has 2 aromatic heterocycles. The Balaban J connectivity index is 2.35. The van der Waals surface area contributed by atoms with Crippen molar-refractivity contribution in [2.45, 2.75) is 33.2 Å². The topological polar surface area (TPSA) is 48.7 Å². The van der Waals surface area contributed by atoms with Gasteiger partial charge in [0.15, 0.2) is 0 Å². The summed E-state index contributed by atoms with van der Waals surface area (Å²) in [5.41, 5.74) is 2.54. The standard InChI is InChI=1S/C15H17N3S/c1-4-13(14-6-5-7-19-14)18-15-12(9-16)10(2)8-11(3)17-15/h5-8,13H,4H2,1-3H3,(H,17,18). The van der Waals surface area contributed by atoms with E-state index in [4.69, 9.17) is 0 Å². The number of pyridine rings is 1. The SMILES string of the molecule is CCC(Nc1nc(C)cc(C)c1C#N)c1cccs1. The van der Waals surface area contributed by atoms with Crippen molar-refractivity contribution in [3.8, 4) is 6.07 Å². The van der Waals surface area contributed by atoms with Gasteiger partial charge in [-0.25, -0.2) is 4.98 Å². The second-order valence-electron chi connectivity index (χ2n) is 4.54. The summed E-state index contributed by atoms with van der Waals surface area (Å²) in [5, 5.41) is 14.8. The molecule has 19 heavy (non-hydrogen) atoms. The van der Waals surface area contributed by atoms with Gasteiger partial charge in [0.1, 0.15) is 11.9 Å². The van der Waals surface area contributed by atoms with Crippen molar-refractivity contribution in [1.82, 2.24) is 4.98 Å². The van der Waals surface area contributed by atoms with Gasteiger partial charge in [0.2, 0.25) is 0 Å². The molecule has 0 spiro atoms. The summed E-state index contributed by atoms with van der Waals surface area (Å²) in [5.74, 6) is 0.695. The molecule has 0 aliphatic rings. The highest BCUT2D eigenvalue weighted by molar-refractivity contribution is 7.10. The molecule has 0 bridgehead atoms. The third-order valence-electron chi connectivity index (χ3n) is 3.06. The lowest BCUT2D eigenvalue weighted by Gasteiger charge is -2.18. The molecule has 0 amide bonds. The summed E-state index contributed by atoms with van der Waals surface area (Å²) in [4.78, 5) is 5.74. The second kappa shape index (κ2) is 5.85. The van der Waals surface area contributed by atoms with Crippen molar-refractivity contribution in [1.29, 1.82) is 5.26 Å². The maximum Gasteiger partial charge on any atom is 0.144 e. The molecule has 0 saturated carbocycles. The van der Waals surface area contributed by atoms with Crippen LogP contribution in [-0.4, -0.2) is 4.98 Å². The Morgan fingerprint density at radius 3 is 2.84 bits per heavy atom. The van der Waals surface area contributed by atoms with Crippen LogP contribution in [0.3, 0.4) is 0 Å². The van der Waals surface area contributed by atoms with Crippen LogP contribution in [0.4, 0.5) is 5.82 Å². The number of anilines is 1. The molecule has 1 unspecified atom stereocenters. The first-order valence-electron chi connectivity index (χ1n) is 6.34. The van der Waals surface area contributed by atoms with E-state index in [-0.39, 0.29) is 6.04 Å². The summed E-state index contributed by atoms with van der Waals surface area (Å²) < 4.78 is 0. The van der Waals surface area contributed by atoms with Crippen LogP contribution in [0.1, 0.15) is 41.1 Å². The van der Waals surface area contributed by atoms with Gasteiger partial charge in [-0.15, -0.1) is 11.3 Å². The predicted molar refractivity (Wildman–Crippen MR) is 79.4 cm³/mol. The van der Waals surface area contributed by atoms with Crippen LogP contribution >= 0.6 is 11.3 Å². The summed E-state index contributed by atoms with van der Waals surface area (Å²) in [6, 6.07) is 8.55. The van der Waals surface area contributed by atoms with Crippen molar-refractivity contribution >= 4 is 17.2 Å². The van der Waals surface area contributed by atoms with Gasteiger partial charge in [-0.2, -0.15) is 5.26 Å². The van der Waals surface area contributed by atoms with E-state index in [1.807, 2.05) is 26.0 Å². The molecule has 0 radical (unpaired) electrons. The van der Waals surface area contributed by atoms with Gasteiger partial charge in [-0.1, -0.05) is 13.0 Å². The number of rotatable bonds is 4. The fourth-order valence-electron chi connectivity index (χ4n) is 2.11. The minimum Gasteiger partial charge on any atom is -0.361 e. The molecule has 0 aliphatic carbocycles. The Hall–Kier alpha value is -1.86. The van der Waals surface area contributed by atoms with Gasteiger partial charge >= 0.3 is 0 Å². The van der Waals surface area contributed by atoms with Gasteiger partial charge in [0, 0.05) is 10.6 Å². The van der Waals surface area contributed by atoms with Crippen molar-refractivity contribution in [3.63, 3.8) is 0 Å². The zero-order valence-corrected chi connectivity index (χ0v) is 12.2. The van der Waals surface area contributed by atoms with E-state index in [1.54, 1.807) is 11.3 Å². The molecule has 2 aromatic rings. The number of aromatic nitrogens is 1. The quantitative estimate of drug-likeness (QED) is 0.906. The fourth-order valence-corrected chi connectivity index (χ4v) is 2.97. The van der Waals surface area contributed by atoms with E-state index in [2.05, 4.69) is 34.7 Å². The molecule has 1 atom stereocenters. The maximum atomic E-state index is 9.28. The summed E-state index contributed by atoms with van der Waals surface area (Å²) in [7, 11) is 0. The Bertz CT molecular complexity index is 597. The van der Waals surface area contributed by atoms with Crippen molar-refractivity contribution < 1.29 is 0 Å². The lowest BCUT2D eigenvalue weighted by atomic mass is 10.1. The van der Waals surface area contributed by atoms with E-state index < -0.39 is 0 Å². The first-order valence-corrected chi connectivity index (χ1v) is 7.22. The normalized spacial score (nSPS) is 11.9. The number of nitrogens with one attached hydrogen (secondary N) is 1. The molecule has 98 valence electrons. The molecule has 0 aliphatic heterocycles. The van der Waals surface area contributed by atoms with Crippen LogP contribution in [0.5, 0.6) is 0 Å². The first-order chi connectivity index (χ1) is 9.15. The third-order valence-corrected chi connectivity index (χ3v) is 4.05. The number of hydrogen-bond acceptors (Lipinski definition) is 4. The molecule has 2 rings (SSSR count). The summed E-state index contributed by atoms with van der Waals surface area (Å²) in [6.07, 6.45) is 0.958. The molecule has 3 nitrogen and oxygen atoms in total. The summed E-state index contributed by atoms with van der Waals surface area (Å²) >= 11 is 1.72. The number of nitriles is 1. The molecule has 0 saturated heterocycles. The largest absolute Gasteiger partial charge is 0.361 e. The Labute approximate surface area is 117 Å². The van der Waals surface area contributed by atoms with E-state index >= 15 is 0 Å². The number of aryl methyl sites for hydroxylation is 2. The van der Waals surface area contributed by atoms with E-state index in [9.17, 15) is 5.26 Å². The van der Waals surface area contributed by atoms with Crippen LogP contribution in [0.25, 0.3) is 0 Å². The first kappa shape index (κ1) is 13.6. The third kappa shape index (κ3) is 2.94. The lowest BCUT2D eigenvalue weighted by molar-refractivity contribution is 0.757. The zero-order chi connectivity index (χ0) is 13.8. The predicted octanol–water partition coefficient (Wildman–Crippen LogP) is 4.19. The number of hydrogen-bond donors (Lipinski definition) is 1. The molecule has 1 N–H and O–H groups in total. The van der Waals surface area contributed by atoms with Gasteiger partial charge in [0.25, 0.3) is 0 Å². The van der Waals surface area contributed by atoms with Crippen LogP contribution in [0.2, 0.25) is 0 Å². The van der Waals surface area contributed by atoms with Gasteiger partial charge in [-0.3, -0.25) is 0 Å². The minimum absolute atomic E-state index is 0.209. The Morgan fingerprint density at radius 2 is 2.26 bits per heavy atom. The highest BCUT2D eigenvalue weighted by atomic mass is 32.1. The Morgan fingerprint density at radius 1 is 1.47 bits per heavy atom. The van der Waals surface area contributed by atoms with Crippen LogP contribution < -0.4 is 5.32 Å². The highest BCUT2D eigenvalue weighted by Crippen LogP contribution is 2.27. The minimum atomic E-state index is 0.209. The van der Waals surface area contributed by atoms with Crippen LogP contribution in [-0.2, 0) is 0 Å². The number of nitrogens with zero attached hydrogens (tertiary/aromatic N) is 2. The van der Waals surface area contributed by atoms with E-state index in [0.717, 1.165) is 17.7 Å². The molecule has 4 heteroatoms. The van der Waals surface area contributed by atoms with Crippen LogP contribution in [0, 0.1) is 25.2 Å². The van der Waals surface area contributed by atoms with Crippen molar-refractivity contribution in [2.75, 3.05) is 5.32 Å². The van der Waals surface area contributed by atoms with E-state index in [1.165, 1.54) is 4.88 Å². The average molecular weight is 271 g/mol. The van der Waals surface area contributed by atoms with Gasteiger partial charge in [0.05, 0.1) is 11.6 Å². The van der Waals surface area contributed by atoms with Crippen molar-refractivity contribution in [3.05, 3.63) is 45.3 Å². The number of thiophene rings is 1. The average Bonchev–Trinajstić information content (AvgIpc) is 2.89. The highest BCUT2D eigenvalue weighted by Gasteiger charge is 2.15. The Kier molecular flexibility index (Phi) is 4.18. The molecule has 2 heterocycles. The smallest absolute Gasteiger partial charge is 0.144 e. The van der Waals surface area contributed by atoms with E-state index in [0.29, 0.717) is 11.4 Å². The molecule has 0 aromatic carbocycles. The van der Waals surface area contributed by atoms with Gasteiger partial charge in [-0.05, 0) is 43.3 Å². The zero-order valence-electron chi connectivity index (χ0n) is 11.4. The van der Waals surface area contributed by atoms with Gasteiger partial charge < -0.3 is 5.32 Å². The summed E-state index contributed by atoms with van der Waals surface area (Å²) in [6.45, 7) is 6.03. The second-order valence-corrected chi connectivity index (χ2v) is 5.52. The van der Waals surface area contributed by atoms with Crippen molar-refractivity contribution in [2.24, 2.45) is 0 Å². The fraction of sp³-hybridized carbons (Fsp3) is 0.333. The lowest BCUT2D eigenvalue weighted by Crippen LogP contribution is -2.11. The van der Waals surface area contributed by atoms with Crippen LogP contribution in [0.15, 0.2) is 23.6 Å².